The molecule has 1 fully saturated rings. The van der Waals surface area contributed by atoms with Crippen LogP contribution in [0, 0.1) is 0 Å². The van der Waals surface area contributed by atoms with Gasteiger partial charge in [-0.3, -0.25) is 14.6 Å². The summed E-state index contributed by atoms with van der Waals surface area (Å²) in [5.74, 6) is 1.18. The number of methoxy groups -OCH3 is 1. The minimum Gasteiger partial charge on any atom is -0.493 e. The monoisotopic (exact) mass is 444 g/mol. The van der Waals surface area contributed by atoms with Crippen LogP contribution in [0.1, 0.15) is 18.1 Å². The predicted molar refractivity (Wildman–Crippen MR) is 123 cm³/mol. The predicted octanol–water partition coefficient (Wildman–Crippen LogP) is 3.02. The molecule has 7 nitrogen and oxygen atoms in total. The normalized spacial score (nSPS) is 15.2. The first-order chi connectivity index (χ1) is 15.1. The second-order valence-corrected chi connectivity index (χ2v) is 7.69. The molecule has 2 aromatic rings. The molecule has 1 N–H and O–H groups in total. The molecule has 1 saturated heterocycles. The van der Waals surface area contributed by atoms with Gasteiger partial charge in [0.05, 0.1) is 26.5 Å². The molecule has 1 aliphatic rings. The smallest absolute Gasteiger partial charge is 0.254 e. The number of hydrogen-bond donors (Lipinski definition) is 1. The van der Waals surface area contributed by atoms with Crippen molar-refractivity contribution in [3.8, 4) is 11.5 Å². The molecule has 0 atom stereocenters. The second-order valence-electron chi connectivity index (χ2n) is 7.28. The van der Waals surface area contributed by atoms with Crippen LogP contribution in [0.4, 0.5) is 0 Å². The number of ether oxygens (including phenoxy) is 2. The van der Waals surface area contributed by atoms with E-state index in [1.165, 1.54) is 0 Å². The molecule has 166 valence electrons. The van der Waals surface area contributed by atoms with Gasteiger partial charge in [-0.25, -0.2) is 5.43 Å². The Bertz CT molecular complexity index is 898. The van der Waals surface area contributed by atoms with Crippen molar-refractivity contribution in [2.24, 2.45) is 5.10 Å². The number of piperazine rings is 1. The SMILES string of the molecule is CCOc1ccc(/C=N/NC(=O)CN2CCN(Cc3ccccc3Cl)CC2)cc1OC. The van der Waals surface area contributed by atoms with Crippen LogP contribution in [0.25, 0.3) is 0 Å². The summed E-state index contributed by atoms with van der Waals surface area (Å²) in [4.78, 5) is 16.7. The van der Waals surface area contributed by atoms with E-state index in [-0.39, 0.29) is 5.91 Å². The fourth-order valence-corrected chi connectivity index (χ4v) is 3.63. The molecule has 1 amide bonds. The molecule has 0 bridgehead atoms. The molecule has 31 heavy (non-hydrogen) atoms. The highest BCUT2D eigenvalue weighted by Gasteiger charge is 2.19. The standard InChI is InChI=1S/C23H29ClN4O3/c1-3-31-21-9-8-18(14-22(21)30-2)15-25-26-23(29)17-28-12-10-27(11-13-28)16-19-6-4-5-7-20(19)24/h4-9,14-15H,3,10-13,16-17H2,1-2H3,(H,26,29)/b25-15+. The molecular weight excluding hydrogens is 416 g/mol. The van der Waals surface area contributed by atoms with Crippen LogP contribution in [-0.4, -0.2) is 68.4 Å². The number of carbonyl (C=O) groups excluding carboxylic acids is 1. The van der Waals surface area contributed by atoms with E-state index >= 15 is 0 Å². The van der Waals surface area contributed by atoms with Crippen LogP contribution >= 0.6 is 11.6 Å². The third kappa shape index (κ3) is 6.95. The molecular formula is C23H29ClN4O3. The zero-order chi connectivity index (χ0) is 22.1. The molecule has 0 aliphatic carbocycles. The summed E-state index contributed by atoms with van der Waals surface area (Å²) in [6, 6.07) is 13.4. The van der Waals surface area contributed by atoms with Gasteiger partial charge in [0, 0.05) is 37.7 Å². The van der Waals surface area contributed by atoms with Gasteiger partial charge in [0.15, 0.2) is 11.5 Å². The lowest BCUT2D eigenvalue weighted by Crippen LogP contribution is -2.48. The van der Waals surface area contributed by atoms with Gasteiger partial charge >= 0.3 is 0 Å². The van der Waals surface area contributed by atoms with E-state index in [1.54, 1.807) is 13.3 Å². The highest BCUT2D eigenvalue weighted by atomic mass is 35.5. The molecule has 1 aliphatic heterocycles. The molecule has 0 radical (unpaired) electrons. The Morgan fingerprint density at radius 3 is 2.58 bits per heavy atom. The number of halogens is 1. The first kappa shape index (κ1) is 23.1. The van der Waals surface area contributed by atoms with Crippen molar-refractivity contribution < 1.29 is 14.3 Å². The first-order valence-electron chi connectivity index (χ1n) is 10.4. The number of hydrogen-bond acceptors (Lipinski definition) is 6. The molecule has 2 aromatic carbocycles. The number of nitrogens with one attached hydrogen (secondary N) is 1. The average molecular weight is 445 g/mol. The van der Waals surface area contributed by atoms with Gasteiger partial charge in [-0.15, -0.1) is 0 Å². The molecule has 3 rings (SSSR count). The van der Waals surface area contributed by atoms with Gasteiger partial charge in [0.25, 0.3) is 5.91 Å². The van der Waals surface area contributed by atoms with Crippen LogP contribution in [0.3, 0.4) is 0 Å². The number of nitrogens with zero attached hydrogens (tertiary/aromatic N) is 3. The number of hydrazone groups is 1. The topological polar surface area (TPSA) is 66.4 Å². The number of amides is 1. The fraction of sp³-hybridized carbons (Fsp3) is 0.391. The third-order valence-electron chi connectivity index (χ3n) is 5.07. The average Bonchev–Trinajstić information content (AvgIpc) is 2.77. The molecule has 8 heteroatoms. The van der Waals surface area contributed by atoms with Gasteiger partial charge in [-0.2, -0.15) is 5.10 Å². The van der Waals surface area contributed by atoms with Gasteiger partial charge < -0.3 is 9.47 Å². The van der Waals surface area contributed by atoms with E-state index in [2.05, 4.69) is 26.4 Å². The molecule has 0 unspecified atom stereocenters. The zero-order valence-corrected chi connectivity index (χ0v) is 18.8. The lowest BCUT2D eigenvalue weighted by molar-refractivity contribution is -0.122. The van der Waals surface area contributed by atoms with Crippen LogP contribution < -0.4 is 14.9 Å². The summed E-state index contributed by atoms with van der Waals surface area (Å²) in [6.07, 6.45) is 1.59. The van der Waals surface area contributed by atoms with Gasteiger partial charge in [-0.1, -0.05) is 29.8 Å². The Hall–Kier alpha value is -2.61. The number of carbonyl (C=O) groups is 1. The summed E-state index contributed by atoms with van der Waals surface area (Å²) in [5, 5.41) is 4.86. The number of rotatable bonds is 9. The zero-order valence-electron chi connectivity index (χ0n) is 18.0. The van der Waals surface area contributed by atoms with Crippen LogP contribution in [-0.2, 0) is 11.3 Å². The van der Waals surface area contributed by atoms with Crippen molar-refractivity contribution in [3.05, 3.63) is 58.6 Å². The maximum Gasteiger partial charge on any atom is 0.254 e. The summed E-state index contributed by atoms with van der Waals surface area (Å²) >= 11 is 6.26. The van der Waals surface area contributed by atoms with Gasteiger partial charge in [0.2, 0.25) is 0 Å². The van der Waals surface area contributed by atoms with Crippen LogP contribution in [0.5, 0.6) is 11.5 Å². The summed E-state index contributed by atoms with van der Waals surface area (Å²) in [6.45, 7) is 7.09. The highest BCUT2D eigenvalue weighted by molar-refractivity contribution is 6.31. The fourth-order valence-electron chi connectivity index (χ4n) is 3.43. The van der Waals surface area contributed by atoms with Crippen LogP contribution in [0.15, 0.2) is 47.6 Å². The Kier molecular flexibility index (Phi) is 8.70. The van der Waals surface area contributed by atoms with E-state index in [0.717, 1.165) is 48.9 Å². The second kappa shape index (κ2) is 11.7. The van der Waals surface area contributed by atoms with E-state index in [9.17, 15) is 4.79 Å². The van der Waals surface area contributed by atoms with Crippen molar-refractivity contribution in [2.75, 3.05) is 46.4 Å². The van der Waals surface area contributed by atoms with Gasteiger partial charge in [0.1, 0.15) is 0 Å². The maximum absolute atomic E-state index is 12.2. The summed E-state index contributed by atoms with van der Waals surface area (Å²) in [7, 11) is 1.59. The van der Waals surface area contributed by atoms with Gasteiger partial charge in [-0.05, 0) is 42.3 Å². The summed E-state index contributed by atoms with van der Waals surface area (Å²) < 4.78 is 10.8. The Morgan fingerprint density at radius 2 is 1.87 bits per heavy atom. The van der Waals surface area contributed by atoms with E-state index in [0.29, 0.717) is 24.7 Å². The molecule has 1 heterocycles. The van der Waals surface area contributed by atoms with Crippen molar-refractivity contribution in [3.63, 3.8) is 0 Å². The molecule has 0 aromatic heterocycles. The van der Waals surface area contributed by atoms with E-state index in [4.69, 9.17) is 21.1 Å². The first-order valence-corrected chi connectivity index (χ1v) is 10.8. The lowest BCUT2D eigenvalue weighted by atomic mass is 10.2. The number of benzene rings is 2. The quantitative estimate of drug-likeness (QED) is 0.475. The summed E-state index contributed by atoms with van der Waals surface area (Å²) in [5.41, 5.74) is 4.55. The third-order valence-corrected chi connectivity index (χ3v) is 5.44. The highest BCUT2D eigenvalue weighted by Crippen LogP contribution is 2.27. The maximum atomic E-state index is 12.2. The van der Waals surface area contributed by atoms with Crippen molar-refractivity contribution >= 4 is 23.7 Å². The minimum atomic E-state index is -0.131. The largest absolute Gasteiger partial charge is 0.493 e. The van der Waals surface area contributed by atoms with Crippen molar-refractivity contribution in [2.45, 2.75) is 13.5 Å². The Labute approximate surface area is 188 Å². The Balaban J connectivity index is 1.42. The van der Waals surface area contributed by atoms with Crippen molar-refractivity contribution in [1.29, 1.82) is 0 Å². The lowest BCUT2D eigenvalue weighted by Gasteiger charge is -2.34. The van der Waals surface area contributed by atoms with E-state index in [1.807, 2.05) is 43.3 Å². The minimum absolute atomic E-state index is 0.131. The molecule has 0 saturated carbocycles. The molecule has 0 spiro atoms. The van der Waals surface area contributed by atoms with Crippen LogP contribution in [0.2, 0.25) is 5.02 Å². The Morgan fingerprint density at radius 1 is 1.13 bits per heavy atom. The van der Waals surface area contributed by atoms with E-state index < -0.39 is 0 Å². The van der Waals surface area contributed by atoms with Crippen molar-refractivity contribution in [1.82, 2.24) is 15.2 Å².